The van der Waals surface area contributed by atoms with E-state index in [9.17, 15) is 14.7 Å². The summed E-state index contributed by atoms with van der Waals surface area (Å²) < 4.78 is 6.23. The normalized spacial score (nSPS) is 28.9. The van der Waals surface area contributed by atoms with E-state index in [2.05, 4.69) is 10.2 Å². The van der Waals surface area contributed by atoms with E-state index in [0.717, 1.165) is 16.8 Å². The summed E-state index contributed by atoms with van der Waals surface area (Å²) >= 11 is 0. The third-order valence-corrected chi connectivity index (χ3v) is 2.82. The first-order valence-corrected chi connectivity index (χ1v) is 5.54. The lowest BCUT2D eigenvalue weighted by atomic mass is 10.1. The fourth-order valence-electron chi connectivity index (χ4n) is 1.91. The summed E-state index contributed by atoms with van der Waals surface area (Å²) in [4.78, 5) is 31.8. The van der Waals surface area contributed by atoms with Crippen LogP contribution in [0.2, 0.25) is 0 Å². The number of H-pyrrole nitrogens is 1. The van der Waals surface area contributed by atoms with Crippen LogP contribution in [0.5, 0.6) is 0 Å². The highest BCUT2D eigenvalue weighted by Gasteiger charge is 2.46. The van der Waals surface area contributed by atoms with Gasteiger partial charge in [-0.2, -0.15) is 0 Å². The highest BCUT2D eigenvalue weighted by Crippen LogP contribution is 2.30. The van der Waals surface area contributed by atoms with Crippen LogP contribution in [0.3, 0.4) is 0 Å². The number of nitrogens with one attached hydrogen (secondary N) is 1. The predicted octanol–water partition coefficient (Wildman–Crippen LogP) is -1.60. The van der Waals surface area contributed by atoms with E-state index in [1.807, 2.05) is 4.98 Å². The Balaban J connectivity index is 2.38. The lowest BCUT2D eigenvalue weighted by Gasteiger charge is -2.19. The fraction of sp³-hybridized carbons (Fsp3) is 0.556. The largest absolute Gasteiger partial charge is 0.422 e. The zero-order valence-electron chi connectivity index (χ0n) is 9.99. The first-order valence-electron chi connectivity index (χ1n) is 5.54. The molecule has 0 saturated carbocycles. The Kier molecular flexibility index (Phi) is 4.05. The van der Waals surface area contributed by atoms with Gasteiger partial charge in [-0.3, -0.25) is 14.3 Å². The van der Waals surface area contributed by atoms with Crippen LogP contribution in [0.25, 0.3) is 10.4 Å². The average Bonchev–Trinajstić information content (AvgIpc) is 2.73. The summed E-state index contributed by atoms with van der Waals surface area (Å²) in [5.74, 6) is 0. The number of nitrogens with zero attached hydrogens (tertiary/aromatic N) is 4. The van der Waals surface area contributed by atoms with Crippen LogP contribution in [0, 0.1) is 0 Å². The molecule has 0 bridgehead atoms. The van der Waals surface area contributed by atoms with Gasteiger partial charge >= 0.3 is 5.69 Å². The summed E-state index contributed by atoms with van der Waals surface area (Å²) in [6, 6.07) is 1.08. The molecule has 1 aromatic rings. The third kappa shape index (κ3) is 2.51. The summed E-state index contributed by atoms with van der Waals surface area (Å²) in [5, 5.41) is 21.8. The number of aromatic nitrogens is 2. The lowest BCUT2D eigenvalue weighted by molar-refractivity contribution is -0.0750. The van der Waals surface area contributed by atoms with Crippen LogP contribution in [0.4, 0.5) is 0 Å². The maximum atomic E-state index is 11.7. The topological polar surface area (TPSA) is 163 Å². The number of aromatic amines is 1. The molecular formula is C9H11N5O6. The molecule has 108 valence electrons. The van der Waals surface area contributed by atoms with Crippen molar-refractivity contribution < 1.29 is 19.8 Å². The van der Waals surface area contributed by atoms with E-state index >= 15 is 0 Å². The zero-order valence-corrected chi connectivity index (χ0v) is 9.99. The van der Waals surface area contributed by atoms with Crippen molar-refractivity contribution in [1.82, 2.24) is 9.55 Å². The average molecular weight is 285 g/mol. The molecule has 2 rings (SSSR count). The molecule has 11 nitrogen and oxygen atoms in total. The molecule has 1 aliphatic heterocycles. The number of aliphatic hydroxyl groups is 2. The molecule has 0 amide bonds. The van der Waals surface area contributed by atoms with E-state index in [1.165, 1.54) is 0 Å². The zero-order chi connectivity index (χ0) is 14.7. The molecule has 1 aliphatic rings. The second kappa shape index (κ2) is 5.75. The van der Waals surface area contributed by atoms with Gasteiger partial charge in [0, 0.05) is 17.2 Å². The Morgan fingerprint density at radius 1 is 1.60 bits per heavy atom. The van der Waals surface area contributed by atoms with Gasteiger partial charge in [0.05, 0.1) is 6.61 Å². The molecule has 1 fully saturated rings. The van der Waals surface area contributed by atoms with Crippen LogP contribution < -0.4 is 11.2 Å². The molecule has 1 aromatic heterocycles. The second-order valence-corrected chi connectivity index (χ2v) is 4.00. The van der Waals surface area contributed by atoms with Gasteiger partial charge in [-0.15, -0.1) is 0 Å². The van der Waals surface area contributed by atoms with E-state index in [1.54, 1.807) is 0 Å². The van der Waals surface area contributed by atoms with Crippen molar-refractivity contribution >= 4 is 0 Å². The van der Waals surface area contributed by atoms with Gasteiger partial charge in [0.1, 0.15) is 17.5 Å². The van der Waals surface area contributed by atoms with Gasteiger partial charge in [0.2, 0.25) is 0 Å². The predicted molar refractivity (Wildman–Crippen MR) is 62.3 cm³/mol. The Morgan fingerprint density at radius 3 is 2.95 bits per heavy atom. The molecule has 4 atom stereocenters. The maximum absolute atomic E-state index is 11.7. The molecule has 20 heavy (non-hydrogen) atoms. The van der Waals surface area contributed by atoms with E-state index in [0.29, 0.717) is 0 Å². The minimum atomic E-state index is -1.31. The summed E-state index contributed by atoms with van der Waals surface area (Å²) in [5.41, 5.74) is 6.84. The van der Waals surface area contributed by atoms with Crippen molar-refractivity contribution in [2.75, 3.05) is 6.61 Å². The van der Waals surface area contributed by atoms with Gasteiger partial charge in [0.25, 0.3) is 5.56 Å². The molecule has 0 spiro atoms. The Bertz CT molecular complexity index is 634. The summed E-state index contributed by atoms with van der Waals surface area (Å²) in [6.07, 6.45) is -3.54. The first-order chi connectivity index (χ1) is 9.58. The van der Waals surface area contributed by atoms with Gasteiger partial charge in [-0.05, 0) is 5.53 Å². The van der Waals surface area contributed by atoms with Crippen LogP contribution in [0.1, 0.15) is 6.23 Å². The van der Waals surface area contributed by atoms with Crippen LogP contribution >= 0.6 is 0 Å². The first kappa shape index (κ1) is 14.1. The number of rotatable bonds is 4. The molecule has 0 aromatic carbocycles. The number of ether oxygens (including phenoxy) is 1. The minimum Gasteiger partial charge on any atom is -0.422 e. The minimum absolute atomic E-state index is 0.522. The standard InChI is InChI=1S/C9H11N5O6/c10-12-13-20-7-6(17)4(3-15)19-8(7)14-2-1-5(16)11-9(14)18/h1-2,4,6-8,15,17H,3H2,(H,11,16,18)/t4-,6?,7?,8-/m0/s1. The quantitative estimate of drug-likeness (QED) is 0.261. The fourth-order valence-corrected chi connectivity index (χ4v) is 1.91. The number of aliphatic hydroxyl groups excluding tert-OH is 2. The Hall–Kier alpha value is -2.33. The molecule has 0 radical (unpaired) electrons. The van der Waals surface area contributed by atoms with Gasteiger partial charge in [-0.1, -0.05) is 0 Å². The Morgan fingerprint density at radius 2 is 2.35 bits per heavy atom. The van der Waals surface area contributed by atoms with Gasteiger partial charge in [-0.25, -0.2) is 4.79 Å². The third-order valence-electron chi connectivity index (χ3n) is 2.82. The van der Waals surface area contributed by atoms with Crippen molar-refractivity contribution in [1.29, 1.82) is 0 Å². The van der Waals surface area contributed by atoms with Crippen molar-refractivity contribution in [3.63, 3.8) is 0 Å². The van der Waals surface area contributed by atoms with Crippen LogP contribution in [-0.2, 0) is 9.57 Å². The summed E-state index contributed by atoms with van der Waals surface area (Å²) in [7, 11) is 0. The van der Waals surface area contributed by atoms with Gasteiger partial charge < -0.3 is 19.8 Å². The lowest BCUT2D eigenvalue weighted by Crippen LogP contribution is -2.38. The molecule has 0 aliphatic carbocycles. The maximum Gasteiger partial charge on any atom is 0.330 e. The molecule has 3 N–H and O–H groups in total. The Labute approximate surface area is 110 Å². The SMILES string of the molecule is [N-]=[N+]=NOC1C(O)[C@H](CO)O[C@@H]1n1ccc(=O)[nH]c1=O. The van der Waals surface area contributed by atoms with Crippen molar-refractivity contribution in [2.45, 2.75) is 24.5 Å². The van der Waals surface area contributed by atoms with E-state index < -0.39 is 42.4 Å². The van der Waals surface area contributed by atoms with Gasteiger partial charge in [0.15, 0.2) is 12.3 Å². The smallest absolute Gasteiger partial charge is 0.330 e. The molecule has 1 saturated heterocycles. The van der Waals surface area contributed by atoms with E-state index in [-0.39, 0.29) is 0 Å². The molecular weight excluding hydrogens is 274 g/mol. The van der Waals surface area contributed by atoms with E-state index in [4.69, 9.17) is 20.2 Å². The van der Waals surface area contributed by atoms with Crippen molar-refractivity contribution in [2.24, 2.45) is 5.28 Å². The molecule has 11 heteroatoms. The van der Waals surface area contributed by atoms with Crippen molar-refractivity contribution in [3.05, 3.63) is 43.5 Å². The monoisotopic (exact) mass is 285 g/mol. The second-order valence-electron chi connectivity index (χ2n) is 4.00. The highest BCUT2D eigenvalue weighted by molar-refractivity contribution is 4.93. The van der Waals surface area contributed by atoms with Crippen molar-refractivity contribution in [3.8, 4) is 0 Å². The number of azide groups is 1. The molecule has 2 heterocycles. The number of hydrogen-bond acceptors (Lipinski definition) is 7. The van der Waals surface area contributed by atoms with Crippen LogP contribution in [-0.4, -0.2) is 44.7 Å². The molecule has 2 unspecified atom stereocenters. The highest BCUT2D eigenvalue weighted by atomic mass is 16.7. The summed E-state index contributed by atoms with van der Waals surface area (Å²) in [6.45, 7) is -0.522. The van der Waals surface area contributed by atoms with Crippen LogP contribution in [0.15, 0.2) is 27.1 Å². The number of hydrogen-bond donors (Lipinski definition) is 3.